The molecule has 0 aliphatic heterocycles. The maximum absolute atomic E-state index is 10.7. The molecule has 4 aliphatic rings. The molecular weight excluding hydrogens is 386 g/mol. The number of nitrogens with zero attached hydrogens (tertiary/aromatic N) is 1. The highest BCUT2D eigenvalue weighted by molar-refractivity contribution is 6.87. The molecule has 0 spiro atoms. The van der Waals surface area contributed by atoms with Crippen molar-refractivity contribution in [1.82, 2.24) is 5.16 Å². The monoisotopic (exact) mass is 429 g/mol. The van der Waals surface area contributed by atoms with Gasteiger partial charge in [0.25, 0.3) is 0 Å². The molecule has 1 aromatic rings. The van der Waals surface area contributed by atoms with Gasteiger partial charge in [0.1, 0.15) is 13.5 Å². The van der Waals surface area contributed by atoms with E-state index in [2.05, 4.69) is 51.6 Å². The first-order valence-corrected chi connectivity index (χ1v) is 16.1. The van der Waals surface area contributed by atoms with Gasteiger partial charge in [-0.3, -0.25) is 0 Å². The summed E-state index contributed by atoms with van der Waals surface area (Å²) >= 11 is 0. The van der Waals surface area contributed by atoms with Gasteiger partial charge < -0.3 is 9.63 Å². The number of rotatable bonds is 2. The predicted octanol–water partition coefficient (Wildman–Crippen LogP) is 6.10. The summed E-state index contributed by atoms with van der Waals surface area (Å²) in [4.78, 5) is 0. The molecular formula is C26H43NO2Si. The lowest BCUT2D eigenvalue weighted by Crippen LogP contribution is -2.55. The molecule has 168 valence electrons. The average Bonchev–Trinajstić information content (AvgIpc) is 3.26. The van der Waals surface area contributed by atoms with Gasteiger partial charge in [0.05, 0.1) is 11.3 Å². The first-order valence-electron chi connectivity index (χ1n) is 12.6. The fraction of sp³-hybridized carbons (Fsp3) is 0.885. The van der Waals surface area contributed by atoms with E-state index < -0.39 is 13.7 Å². The smallest absolute Gasteiger partial charge is 0.127 e. The summed E-state index contributed by atoms with van der Waals surface area (Å²) in [6.07, 6.45) is 11.3. The SMILES string of the molecule is C[C@@]1(O)CC[C@]2(C)C3CC[C@]4(C)C(c5cc([Si](C)(C)C)on5)CCC4C3CC[C@H]2C1. The lowest BCUT2D eigenvalue weighted by molar-refractivity contribution is -0.143. The molecule has 0 saturated heterocycles. The van der Waals surface area contributed by atoms with Gasteiger partial charge in [-0.1, -0.05) is 38.6 Å². The number of aromatic nitrogens is 1. The highest BCUT2D eigenvalue weighted by Crippen LogP contribution is 2.69. The maximum atomic E-state index is 10.7. The molecule has 4 saturated carbocycles. The Morgan fingerprint density at radius 3 is 2.37 bits per heavy atom. The fourth-order valence-corrected chi connectivity index (χ4v) is 9.62. The van der Waals surface area contributed by atoms with E-state index in [1.807, 2.05) is 0 Å². The van der Waals surface area contributed by atoms with Crippen LogP contribution >= 0.6 is 0 Å². The second-order valence-electron chi connectivity index (χ2n) is 13.4. The molecule has 4 unspecified atom stereocenters. The third-order valence-electron chi connectivity index (χ3n) is 10.6. The summed E-state index contributed by atoms with van der Waals surface area (Å²) in [5.74, 6) is 3.88. The van der Waals surface area contributed by atoms with Crippen molar-refractivity contribution in [2.45, 2.75) is 110 Å². The molecule has 5 rings (SSSR count). The Hall–Kier alpha value is -0.613. The third kappa shape index (κ3) is 3.10. The van der Waals surface area contributed by atoms with Gasteiger partial charge in [-0.05, 0) is 105 Å². The number of hydrogen-bond acceptors (Lipinski definition) is 3. The van der Waals surface area contributed by atoms with Crippen molar-refractivity contribution in [2.24, 2.45) is 34.5 Å². The van der Waals surface area contributed by atoms with Gasteiger partial charge in [-0.25, -0.2) is 0 Å². The van der Waals surface area contributed by atoms with Crippen molar-refractivity contribution in [1.29, 1.82) is 0 Å². The van der Waals surface area contributed by atoms with E-state index in [4.69, 9.17) is 4.52 Å². The van der Waals surface area contributed by atoms with Crippen LogP contribution < -0.4 is 5.38 Å². The van der Waals surface area contributed by atoms with Crippen LogP contribution in [0.25, 0.3) is 0 Å². The number of fused-ring (bicyclic) bond motifs is 5. The molecule has 1 aromatic heterocycles. The lowest BCUT2D eigenvalue weighted by Gasteiger charge is -2.61. The highest BCUT2D eigenvalue weighted by Gasteiger charge is 2.61. The molecule has 1 N–H and O–H groups in total. The van der Waals surface area contributed by atoms with Crippen molar-refractivity contribution in [3.63, 3.8) is 0 Å². The van der Waals surface area contributed by atoms with Crippen molar-refractivity contribution in [2.75, 3.05) is 0 Å². The number of aliphatic hydroxyl groups is 1. The molecule has 0 amide bonds. The van der Waals surface area contributed by atoms with Crippen LogP contribution in [0.3, 0.4) is 0 Å². The van der Waals surface area contributed by atoms with E-state index >= 15 is 0 Å². The first kappa shape index (κ1) is 21.2. The third-order valence-corrected chi connectivity index (χ3v) is 12.3. The van der Waals surface area contributed by atoms with Gasteiger partial charge in [-0.15, -0.1) is 0 Å². The van der Waals surface area contributed by atoms with Crippen molar-refractivity contribution < 1.29 is 9.63 Å². The Labute approximate surface area is 184 Å². The Morgan fingerprint density at radius 2 is 1.67 bits per heavy atom. The Kier molecular flexibility index (Phi) is 4.74. The standard InChI is InChI=1S/C26H43NO2Si/c1-24(28)13-14-25(2)17(16-24)7-8-18-19-9-10-21(26(19,3)12-11-20(18)25)22-15-23(29-27-22)30(4,5)6/h15,17-21,28H,7-14,16H2,1-6H3/t17-,18?,19?,20?,21?,24+,25-,26-/m0/s1. The average molecular weight is 430 g/mol. The zero-order chi connectivity index (χ0) is 21.5. The van der Waals surface area contributed by atoms with Crippen LogP contribution in [0.1, 0.15) is 90.2 Å². The van der Waals surface area contributed by atoms with E-state index in [9.17, 15) is 5.11 Å². The van der Waals surface area contributed by atoms with Crippen LogP contribution in [0.5, 0.6) is 0 Å². The Bertz CT molecular complexity index is 810. The molecule has 4 fully saturated rings. The van der Waals surface area contributed by atoms with Gasteiger partial charge in [-0.2, -0.15) is 0 Å². The van der Waals surface area contributed by atoms with Crippen LogP contribution in [0, 0.1) is 34.5 Å². The van der Waals surface area contributed by atoms with Crippen LogP contribution in [0.15, 0.2) is 10.6 Å². The summed E-state index contributed by atoms with van der Waals surface area (Å²) in [6, 6.07) is 2.33. The summed E-state index contributed by atoms with van der Waals surface area (Å²) in [5, 5.41) is 16.5. The molecule has 8 atom stereocenters. The molecule has 0 aromatic carbocycles. The summed E-state index contributed by atoms with van der Waals surface area (Å²) in [6.45, 7) is 14.3. The minimum absolute atomic E-state index is 0.387. The minimum atomic E-state index is -1.45. The highest BCUT2D eigenvalue weighted by atomic mass is 28.3. The van der Waals surface area contributed by atoms with E-state index in [-0.39, 0.29) is 0 Å². The molecule has 30 heavy (non-hydrogen) atoms. The van der Waals surface area contributed by atoms with E-state index in [1.165, 1.54) is 56.0 Å². The summed E-state index contributed by atoms with van der Waals surface area (Å²) < 4.78 is 5.87. The minimum Gasteiger partial charge on any atom is -0.390 e. The van der Waals surface area contributed by atoms with Crippen LogP contribution in [0.2, 0.25) is 19.6 Å². The molecule has 4 heteroatoms. The quantitative estimate of drug-likeness (QED) is 0.578. The largest absolute Gasteiger partial charge is 0.390 e. The molecule has 0 bridgehead atoms. The second-order valence-corrected chi connectivity index (χ2v) is 18.4. The zero-order valence-electron chi connectivity index (χ0n) is 20.1. The first-order chi connectivity index (χ1) is 13.9. The second kappa shape index (κ2) is 6.70. The van der Waals surface area contributed by atoms with E-state index in [0.29, 0.717) is 16.7 Å². The van der Waals surface area contributed by atoms with Gasteiger partial charge in [0.15, 0.2) is 0 Å². The van der Waals surface area contributed by atoms with Gasteiger partial charge in [0.2, 0.25) is 0 Å². The molecule has 1 heterocycles. The maximum Gasteiger partial charge on any atom is 0.127 e. The van der Waals surface area contributed by atoms with Crippen LogP contribution in [0.4, 0.5) is 0 Å². The van der Waals surface area contributed by atoms with Crippen molar-refractivity contribution >= 4 is 13.5 Å². The Morgan fingerprint density at radius 1 is 0.933 bits per heavy atom. The summed E-state index contributed by atoms with van der Waals surface area (Å²) in [5.41, 5.74) is 1.66. The van der Waals surface area contributed by atoms with Crippen LogP contribution in [-0.2, 0) is 0 Å². The normalized spacial score (nSPS) is 48.7. The van der Waals surface area contributed by atoms with Gasteiger partial charge >= 0.3 is 0 Å². The zero-order valence-corrected chi connectivity index (χ0v) is 21.1. The molecule has 3 nitrogen and oxygen atoms in total. The summed E-state index contributed by atoms with van der Waals surface area (Å²) in [7, 11) is -1.45. The van der Waals surface area contributed by atoms with E-state index in [0.717, 1.165) is 36.5 Å². The topological polar surface area (TPSA) is 46.3 Å². The molecule has 4 aliphatic carbocycles. The number of hydrogen-bond donors (Lipinski definition) is 1. The molecule has 0 radical (unpaired) electrons. The van der Waals surface area contributed by atoms with E-state index in [1.54, 1.807) is 0 Å². The van der Waals surface area contributed by atoms with Crippen molar-refractivity contribution in [3.05, 3.63) is 11.8 Å². The van der Waals surface area contributed by atoms with Gasteiger partial charge in [0, 0.05) is 5.92 Å². The van der Waals surface area contributed by atoms with Crippen LogP contribution in [-0.4, -0.2) is 23.9 Å². The Balaban J connectivity index is 1.40. The van der Waals surface area contributed by atoms with Crippen molar-refractivity contribution in [3.8, 4) is 0 Å². The predicted molar refractivity (Wildman–Crippen MR) is 125 cm³/mol. The fourth-order valence-electron chi connectivity index (χ4n) is 8.72. The lowest BCUT2D eigenvalue weighted by atomic mass is 9.44.